The Balaban J connectivity index is 1.55. The summed E-state index contributed by atoms with van der Waals surface area (Å²) in [6.45, 7) is 6.83. The molecule has 4 saturated carbocycles. The van der Waals surface area contributed by atoms with E-state index >= 15 is 0 Å². The summed E-state index contributed by atoms with van der Waals surface area (Å²) < 4.78 is 39.9. The first-order valence-corrected chi connectivity index (χ1v) is 11.4. The third-order valence-electron chi connectivity index (χ3n) is 10.1. The van der Waals surface area contributed by atoms with Crippen LogP contribution < -0.4 is 0 Å². The van der Waals surface area contributed by atoms with E-state index in [9.17, 15) is 18.3 Å². The zero-order chi connectivity index (χ0) is 19.6. The molecular formula is C23H37F3O. The van der Waals surface area contributed by atoms with Gasteiger partial charge in [-0.3, -0.25) is 0 Å². The van der Waals surface area contributed by atoms with Gasteiger partial charge in [-0.2, -0.15) is 13.2 Å². The van der Waals surface area contributed by atoms with Gasteiger partial charge in [-0.25, -0.2) is 0 Å². The Bertz CT molecular complexity index is 560. The molecule has 4 aliphatic carbocycles. The summed E-state index contributed by atoms with van der Waals surface area (Å²) in [7, 11) is 0. The lowest BCUT2D eigenvalue weighted by Crippen LogP contribution is -2.54. The van der Waals surface area contributed by atoms with Crippen LogP contribution in [0.25, 0.3) is 0 Å². The molecule has 0 aromatic heterocycles. The smallest absolute Gasteiger partial charge is 0.391 e. The Hall–Kier alpha value is -0.250. The quantitative estimate of drug-likeness (QED) is 0.567. The normalized spacial score (nSPS) is 51.2. The number of fused-ring (bicyclic) bond motifs is 5. The van der Waals surface area contributed by atoms with Gasteiger partial charge < -0.3 is 5.11 Å². The average molecular weight is 387 g/mol. The van der Waals surface area contributed by atoms with E-state index in [4.69, 9.17) is 0 Å². The fourth-order valence-corrected chi connectivity index (χ4v) is 8.51. The molecular weight excluding hydrogens is 349 g/mol. The van der Waals surface area contributed by atoms with Crippen molar-refractivity contribution in [2.24, 2.45) is 46.3 Å². The topological polar surface area (TPSA) is 20.2 Å². The predicted octanol–water partition coefficient (Wildman–Crippen LogP) is 6.59. The average Bonchev–Trinajstić information content (AvgIpc) is 2.96. The molecule has 1 nitrogen and oxygen atoms in total. The van der Waals surface area contributed by atoms with Crippen molar-refractivity contribution in [3.63, 3.8) is 0 Å². The first-order valence-electron chi connectivity index (χ1n) is 11.4. The highest BCUT2D eigenvalue weighted by atomic mass is 19.4. The van der Waals surface area contributed by atoms with Crippen LogP contribution in [0.15, 0.2) is 0 Å². The standard InChI is InChI=1S/C23H37F3O/c1-4-20(27)19-8-7-17-16-6-5-14-13-15(23(24,25)26)9-11-21(14,2)18(16)10-12-22(17,19)3/h14-20,27H,4-13H2,1-3H3/t14?,15?,16?,17?,18?,19?,20?,21-,22-/m0/s1. The Labute approximate surface area is 162 Å². The van der Waals surface area contributed by atoms with E-state index in [0.29, 0.717) is 36.5 Å². The molecule has 4 heteroatoms. The largest absolute Gasteiger partial charge is 0.393 e. The highest BCUT2D eigenvalue weighted by molar-refractivity contribution is 5.10. The number of aliphatic hydroxyl groups is 1. The minimum absolute atomic E-state index is 0.105. The highest BCUT2D eigenvalue weighted by Gasteiger charge is 2.61. The number of aliphatic hydroxyl groups excluding tert-OH is 1. The second-order valence-electron chi connectivity index (χ2n) is 10.9. The van der Waals surface area contributed by atoms with Gasteiger partial charge in [0.25, 0.3) is 0 Å². The maximum absolute atomic E-state index is 13.3. The predicted molar refractivity (Wildman–Crippen MR) is 101 cm³/mol. The third-order valence-corrected chi connectivity index (χ3v) is 10.1. The number of alkyl halides is 3. The Morgan fingerprint density at radius 1 is 0.926 bits per heavy atom. The Kier molecular flexibility index (Phi) is 4.93. The van der Waals surface area contributed by atoms with Crippen molar-refractivity contribution < 1.29 is 18.3 Å². The fraction of sp³-hybridized carbons (Fsp3) is 1.00. The fourth-order valence-electron chi connectivity index (χ4n) is 8.51. The zero-order valence-electron chi connectivity index (χ0n) is 17.2. The Morgan fingerprint density at radius 3 is 2.26 bits per heavy atom. The summed E-state index contributed by atoms with van der Waals surface area (Å²) >= 11 is 0. The van der Waals surface area contributed by atoms with Gasteiger partial charge in [0.2, 0.25) is 0 Å². The minimum Gasteiger partial charge on any atom is -0.393 e. The lowest BCUT2D eigenvalue weighted by Gasteiger charge is -2.61. The Morgan fingerprint density at radius 2 is 1.59 bits per heavy atom. The number of hydrogen-bond acceptors (Lipinski definition) is 1. The molecule has 4 fully saturated rings. The molecule has 27 heavy (non-hydrogen) atoms. The lowest BCUT2D eigenvalue weighted by atomic mass is 9.44. The van der Waals surface area contributed by atoms with E-state index in [1.165, 1.54) is 6.42 Å². The van der Waals surface area contributed by atoms with Crippen LogP contribution >= 0.6 is 0 Å². The van der Waals surface area contributed by atoms with Crippen LogP contribution in [0.3, 0.4) is 0 Å². The van der Waals surface area contributed by atoms with Crippen molar-refractivity contribution in [2.75, 3.05) is 0 Å². The van der Waals surface area contributed by atoms with Crippen molar-refractivity contribution in [1.82, 2.24) is 0 Å². The van der Waals surface area contributed by atoms with Gasteiger partial charge in [0.15, 0.2) is 0 Å². The highest BCUT2D eigenvalue weighted by Crippen LogP contribution is 2.68. The summed E-state index contributed by atoms with van der Waals surface area (Å²) in [5.41, 5.74) is 0.344. The maximum Gasteiger partial charge on any atom is 0.391 e. The van der Waals surface area contributed by atoms with E-state index in [1.54, 1.807) is 0 Å². The lowest BCUT2D eigenvalue weighted by molar-refractivity contribution is -0.208. The van der Waals surface area contributed by atoms with Gasteiger partial charge in [0.1, 0.15) is 0 Å². The summed E-state index contributed by atoms with van der Waals surface area (Å²) in [5.74, 6) is 1.53. The van der Waals surface area contributed by atoms with Crippen LogP contribution in [0.4, 0.5) is 13.2 Å². The van der Waals surface area contributed by atoms with Gasteiger partial charge in [-0.1, -0.05) is 20.8 Å². The number of hydrogen-bond donors (Lipinski definition) is 1. The molecule has 7 unspecified atom stereocenters. The molecule has 4 rings (SSSR count). The van der Waals surface area contributed by atoms with Crippen molar-refractivity contribution in [1.29, 1.82) is 0 Å². The maximum atomic E-state index is 13.3. The minimum atomic E-state index is -4.02. The molecule has 9 atom stereocenters. The van der Waals surface area contributed by atoms with Crippen molar-refractivity contribution in [3.8, 4) is 0 Å². The number of rotatable bonds is 2. The summed E-state index contributed by atoms with van der Waals surface area (Å²) in [6, 6.07) is 0. The van der Waals surface area contributed by atoms with Crippen LogP contribution in [0.2, 0.25) is 0 Å². The SMILES string of the molecule is CCC(O)C1CCC2C3CCC4CC(C(F)(F)F)CC[C@]4(C)C3CC[C@]12C. The molecule has 0 aliphatic heterocycles. The second kappa shape index (κ2) is 6.64. The first kappa shape index (κ1) is 20.0. The second-order valence-corrected chi connectivity index (χ2v) is 10.9. The van der Waals surface area contributed by atoms with Crippen molar-refractivity contribution >= 4 is 0 Å². The molecule has 0 aromatic rings. The van der Waals surface area contributed by atoms with Gasteiger partial charge >= 0.3 is 6.18 Å². The van der Waals surface area contributed by atoms with Crippen LogP contribution in [-0.4, -0.2) is 17.4 Å². The molecule has 0 spiro atoms. The molecule has 0 heterocycles. The molecule has 0 aromatic carbocycles. The van der Waals surface area contributed by atoms with Gasteiger partial charge in [0, 0.05) is 0 Å². The third kappa shape index (κ3) is 2.99. The zero-order valence-corrected chi connectivity index (χ0v) is 17.2. The molecule has 1 N–H and O–H groups in total. The summed E-state index contributed by atoms with van der Waals surface area (Å²) in [4.78, 5) is 0. The summed E-state index contributed by atoms with van der Waals surface area (Å²) in [5, 5.41) is 10.6. The van der Waals surface area contributed by atoms with Crippen LogP contribution in [-0.2, 0) is 0 Å². The molecule has 0 radical (unpaired) electrons. The first-order chi connectivity index (χ1) is 12.6. The number of halogens is 3. The molecule has 0 saturated heterocycles. The summed E-state index contributed by atoms with van der Waals surface area (Å²) in [6.07, 6.45) is 4.85. The van der Waals surface area contributed by atoms with Gasteiger partial charge in [0.05, 0.1) is 12.0 Å². The van der Waals surface area contributed by atoms with Crippen molar-refractivity contribution in [2.45, 2.75) is 97.3 Å². The van der Waals surface area contributed by atoms with Gasteiger partial charge in [-0.05, 0) is 105 Å². The van der Waals surface area contributed by atoms with E-state index < -0.39 is 12.1 Å². The van der Waals surface area contributed by atoms with Crippen LogP contribution in [0.5, 0.6) is 0 Å². The molecule has 156 valence electrons. The molecule has 4 aliphatic rings. The molecule has 0 bridgehead atoms. The van der Waals surface area contributed by atoms with Crippen LogP contribution in [0, 0.1) is 46.3 Å². The van der Waals surface area contributed by atoms with E-state index in [-0.39, 0.29) is 22.9 Å². The van der Waals surface area contributed by atoms with E-state index in [0.717, 1.165) is 44.9 Å². The molecule has 0 amide bonds. The van der Waals surface area contributed by atoms with Crippen molar-refractivity contribution in [3.05, 3.63) is 0 Å². The van der Waals surface area contributed by atoms with E-state index in [1.807, 2.05) is 0 Å². The van der Waals surface area contributed by atoms with Crippen LogP contribution in [0.1, 0.15) is 85.0 Å². The van der Waals surface area contributed by atoms with Gasteiger partial charge in [-0.15, -0.1) is 0 Å². The monoisotopic (exact) mass is 386 g/mol. The van der Waals surface area contributed by atoms with E-state index in [2.05, 4.69) is 20.8 Å².